The summed E-state index contributed by atoms with van der Waals surface area (Å²) in [7, 11) is 0. The van der Waals surface area contributed by atoms with Gasteiger partial charge in [0.25, 0.3) is 0 Å². The maximum absolute atomic E-state index is 12.9. The molecule has 0 aromatic heterocycles. The first kappa shape index (κ1) is 9.58. The molecular formula is C10H8F2O. The Bertz CT molecular complexity index is 311. The number of aldehydes is 1. The summed E-state index contributed by atoms with van der Waals surface area (Å²) in [6.07, 6.45) is 3.50. The minimum absolute atomic E-state index is 0.107. The number of hydrogen-bond donors (Lipinski definition) is 0. The first-order chi connectivity index (χ1) is 6.25. The van der Waals surface area contributed by atoms with Crippen LogP contribution in [0.25, 0.3) is 6.08 Å². The summed E-state index contributed by atoms with van der Waals surface area (Å²) >= 11 is 0. The van der Waals surface area contributed by atoms with Gasteiger partial charge in [0.15, 0.2) is 0 Å². The Morgan fingerprint density at radius 2 is 1.85 bits per heavy atom. The van der Waals surface area contributed by atoms with Crippen LogP contribution < -0.4 is 0 Å². The molecule has 0 saturated carbocycles. The lowest BCUT2D eigenvalue weighted by Gasteiger charge is -1.96. The molecular weight excluding hydrogens is 174 g/mol. The van der Waals surface area contributed by atoms with Crippen LogP contribution in [0, 0.1) is 11.6 Å². The quantitative estimate of drug-likeness (QED) is 0.656. The van der Waals surface area contributed by atoms with Gasteiger partial charge in [-0.25, -0.2) is 8.78 Å². The average Bonchev–Trinajstić information content (AvgIpc) is 2.10. The molecule has 0 saturated heterocycles. The van der Waals surface area contributed by atoms with E-state index in [9.17, 15) is 13.6 Å². The highest BCUT2D eigenvalue weighted by atomic mass is 19.1. The molecule has 13 heavy (non-hydrogen) atoms. The monoisotopic (exact) mass is 182 g/mol. The van der Waals surface area contributed by atoms with Crippen molar-refractivity contribution in [3.05, 3.63) is 41.5 Å². The van der Waals surface area contributed by atoms with Gasteiger partial charge in [0, 0.05) is 12.0 Å². The molecule has 0 N–H and O–H groups in total. The molecule has 0 amide bonds. The molecule has 3 heteroatoms. The van der Waals surface area contributed by atoms with Crippen LogP contribution >= 0.6 is 0 Å². The Labute approximate surface area is 74.7 Å². The largest absolute Gasteiger partial charge is 0.303 e. The van der Waals surface area contributed by atoms with Gasteiger partial charge in [-0.1, -0.05) is 18.2 Å². The second-order valence-corrected chi connectivity index (χ2v) is 2.44. The molecule has 0 heterocycles. The summed E-state index contributed by atoms with van der Waals surface area (Å²) in [5, 5.41) is 0. The van der Waals surface area contributed by atoms with E-state index in [4.69, 9.17) is 0 Å². The molecule has 1 aromatic rings. The van der Waals surface area contributed by atoms with E-state index in [1.807, 2.05) is 0 Å². The maximum Gasteiger partial charge on any atom is 0.133 e. The molecule has 0 radical (unpaired) electrons. The zero-order valence-corrected chi connectivity index (χ0v) is 6.84. The highest BCUT2D eigenvalue weighted by Crippen LogP contribution is 2.13. The Balaban J connectivity index is 2.92. The summed E-state index contributed by atoms with van der Waals surface area (Å²) in [6.45, 7) is 0. The van der Waals surface area contributed by atoms with Crippen molar-refractivity contribution in [3.8, 4) is 0 Å². The third kappa shape index (κ3) is 2.47. The average molecular weight is 182 g/mol. The van der Waals surface area contributed by atoms with E-state index >= 15 is 0 Å². The molecule has 0 unspecified atom stereocenters. The normalized spacial score (nSPS) is 10.6. The highest BCUT2D eigenvalue weighted by molar-refractivity contribution is 5.58. The predicted molar refractivity (Wildman–Crippen MR) is 46.1 cm³/mol. The van der Waals surface area contributed by atoms with E-state index in [1.165, 1.54) is 30.4 Å². The van der Waals surface area contributed by atoms with Gasteiger partial charge >= 0.3 is 0 Å². The minimum atomic E-state index is -0.623. The van der Waals surface area contributed by atoms with E-state index < -0.39 is 11.6 Å². The number of halogens is 2. The second-order valence-electron chi connectivity index (χ2n) is 2.44. The van der Waals surface area contributed by atoms with Crippen molar-refractivity contribution in [3.63, 3.8) is 0 Å². The molecule has 0 spiro atoms. The zero-order chi connectivity index (χ0) is 9.68. The standard InChI is InChI=1S/C10H8F2O/c11-9-5-3-6-10(12)8(9)4-1-2-7-13/h1,3-7H,2H2. The Hall–Kier alpha value is -1.51. The van der Waals surface area contributed by atoms with Crippen LogP contribution in [0.2, 0.25) is 0 Å². The number of carbonyl (C=O) groups excluding carboxylic acids is 1. The summed E-state index contributed by atoms with van der Waals surface area (Å²) in [5.74, 6) is -1.25. The fraction of sp³-hybridized carbons (Fsp3) is 0.100. The second kappa shape index (κ2) is 4.50. The number of hydrogen-bond acceptors (Lipinski definition) is 1. The molecule has 1 aromatic carbocycles. The van der Waals surface area contributed by atoms with Crippen LogP contribution in [-0.2, 0) is 4.79 Å². The molecule has 0 bridgehead atoms. The van der Waals surface area contributed by atoms with Crippen LogP contribution in [0.3, 0.4) is 0 Å². The van der Waals surface area contributed by atoms with Crippen molar-refractivity contribution >= 4 is 12.4 Å². The van der Waals surface area contributed by atoms with Crippen molar-refractivity contribution < 1.29 is 13.6 Å². The molecule has 0 atom stereocenters. The minimum Gasteiger partial charge on any atom is -0.303 e. The van der Waals surface area contributed by atoms with Crippen LogP contribution in [0.4, 0.5) is 8.78 Å². The SMILES string of the molecule is O=CCC=Cc1c(F)cccc1F. The molecule has 1 nitrogen and oxygen atoms in total. The number of carbonyl (C=O) groups is 1. The van der Waals surface area contributed by atoms with Gasteiger partial charge in [0.2, 0.25) is 0 Å². The fourth-order valence-corrected chi connectivity index (χ4v) is 0.911. The Morgan fingerprint density at radius 1 is 1.23 bits per heavy atom. The lowest BCUT2D eigenvalue weighted by Crippen LogP contribution is -1.86. The molecule has 1 rings (SSSR count). The van der Waals surface area contributed by atoms with Gasteiger partial charge in [0.05, 0.1) is 0 Å². The number of benzene rings is 1. The molecule has 0 fully saturated rings. The third-order valence-corrected chi connectivity index (χ3v) is 1.52. The summed E-state index contributed by atoms with van der Waals surface area (Å²) in [5.41, 5.74) is -0.107. The van der Waals surface area contributed by atoms with Crippen molar-refractivity contribution in [2.24, 2.45) is 0 Å². The van der Waals surface area contributed by atoms with E-state index in [-0.39, 0.29) is 12.0 Å². The number of rotatable bonds is 3. The number of allylic oxidation sites excluding steroid dienone is 1. The predicted octanol–water partition coefficient (Wildman–Crippen LogP) is 2.57. The smallest absolute Gasteiger partial charge is 0.133 e. The third-order valence-electron chi connectivity index (χ3n) is 1.52. The van der Waals surface area contributed by atoms with Gasteiger partial charge < -0.3 is 4.79 Å². The summed E-state index contributed by atoms with van der Waals surface area (Å²) < 4.78 is 25.8. The van der Waals surface area contributed by atoms with Crippen molar-refractivity contribution in [2.45, 2.75) is 6.42 Å². The van der Waals surface area contributed by atoms with Gasteiger partial charge in [-0.15, -0.1) is 0 Å². The van der Waals surface area contributed by atoms with Gasteiger partial charge in [-0.05, 0) is 12.1 Å². The van der Waals surface area contributed by atoms with Crippen LogP contribution in [0.15, 0.2) is 24.3 Å². The molecule has 68 valence electrons. The molecule has 0 aliphatic carbocycles. The van der Waals surface area contributed by atoms with E-state index in [0.717, 1.165) is 0 Å². The van der Waals surface area contributed by atoms with Crippen molar-refractivity contribution in [1.29, 1.82) is 0 Å². The lowest BCUT2D eigenvalue weighted by molar-refractivity contribution is -0.107. The van der Waals surface area contributed by atoms with Gasteiger partial charge in [-0.3, -0.25) is 0 Å². The van der Waals surface area contributed by atoms with E-state index in [1.54, 1.807) is 0 Å². The van der Waals surface area contributed by atoms with Crippen LogP contribution in [0.1, 0.15) is 12.0 Å². The fourth-order valence-electron chi connectivity index (χ4n) is 0.911. The summed E-state index contributed by atoms with van der Waals surface area (Å²) in [4.78, 5) is 9.93. The van der Waals surface area contributed by atoms with E-state index in [0.29, 0.717) is 6.29 Å². The highest BCUT2D eigenvalue weighted by Gasteiger charge is 2.03. The van der Waals surface area contributed by atoms with E-state index in [2.05, 4.69) is 0 Å². The van der Waals surface area contributed by atoms with Gasteiger partial charge in [0.1, 0.15) is 17.9 Å². The van der Waals surface area contributed by atoms with Crippen LogP contribution in [0.5, 0.6) is 0 Å². The summed E-state index contributed by atoms with van der Waals surface area (Å²) in [6, 6.07) is 3.63. The van der Waals surface area contributed by atoms with Gasteiger partial charge in [-0.2, -0.15) is 0 Å². The van der Waals surface area contributed by atoms with Crippen molar-refractivity contribution in [1.82, 2.24) is 0 Å². The van der Waals surface area contributed by atoms with Crippen molar-refractivity contribution in [2.75, 3.05) is 0 Å². The molecule has 0 aliphatic rings. The maximum atomic E-state index is 12.9. The lowest BCUT2D eigenvalue weighted by atomic mass is 10.2. The topological polar surface area (TPSA) is 17.1 Å². The first-order valence-electron chi connectivity index (χ1n) is 3.80. The van der Waals surface area contributed by atoms with Crippen LogP contribution in [-0.4, -0.2) is 6.29 Å². The molecule has 0 aliphatic heterocycles. The zero-order valence-electron chi connectivity index (χ0n) is 6.84. The first-order valence-corrected chi connectivity index (χ1v) is 3.80. The Morgan fingerprint density at radius 3 is 2.38 bits per heavy atom. The Kier molecular flexibility index (Phi) is 3.31.